The highest BCUT2D eigenvalue weighted by atomic mass is 35.5. The molecule has 1 heterocycles. The van der Waals surface area contributed by atoms with Gasteiger partial charge in [0.05, 0.1) is 25.3 Å². The van der Waals surface area contributed by atoms with Crippen LogP contribution in [0.4, 0.5) is 0 Å². The molecule has 19 heavy (non-hydrogen) atoms. The Bertz CT molecular complexity index is 746. The van der Waals surface area contributed by atoms with E-state index in [0.29, 0.717) is 22.5 Å². The highest BCUT2D eigenvalue weighted by molar-refractivity contribution is 7.90. The lowest BCUT2D eigenvalue weighted by molar-refractivity contribution is 0.355. The molecule has 0 saturated carbocycles. The summed E-state index contributed by atoms with van der Waals surface area (Å²) in [7, 11) is -0.571. The van der Waals surface area contributed by atoms with E-state index in [4.69, 9.17) is 21.1 Å². The molecule has 8 heteroatoms. The summed E-state index contributed by atoms with van der Waals surface area (Å²) in [6.45, 7) is 0. The molecule has 0 bridgehead atoms. The van der Waals surface area contributed by atoms with Gasteiger partial charge in [0.1, 0.15) is 0 Å². The molecule has 0 spiro atoms. The van der Waals surface area contributed by atoms with Gasteiger partial charge in [0, 0.05) is 18.4 Å². The number of halogens is 1. The van der Waals surface area contributed by atoms with Gasteiger partial charge in [-0.1, -0.05) is 11.6 Å². The summed E-state index contributed by atoms with van der Waals surface area (Å²) in [5, 5.41) is -0.420. The van der Waals surface area contributed by atoms with Crippen molar-refractivity contribution in [2.45, 2.75) is 5.03 Å². The van der Waals surface area contributed by atoms with Crippen molar-refractivity contribution in [1.82, 2.24) is 9.97 Å². The molecular weight excluding hydrogens is 292 g/mol. The van der Waals surface area contributed by atoms with Gasteiger partial charge in [-0.2, -0.15) is 0 Å². The average molecular weight is 303 g/mol. The van der Waals surface area contributed by atoms with Crippen LogP contribution in [0.15, 0.2) is 17.2 Å². The first-order chi connectivity index (χ1) is 8.86. The number of hydrogen-bond acceptors (Lipinski definition) is 6. The second-order valence-corrected chi connectivity index (χ2v) is 6.08. The molecule has 1 aromatic heterocycles. The quantitative estimate of drug-likeness (QED) is 0.859. The Hall–Kier alpha value is -1.60. The fraction of sp³-hybridized carbons (Fsp3) is 0.273. The second-order valence-electron chi connectivity index (χ2n) is 3.79. The third kappa shape index (κ3) is 2.57. The minimum Gasteiger partial charge on any atom is -0.493 e. The number of aromatic nitrogens is 2. The van der Waals surface area contributed by atoms with Gasteiger partial charge in [-0.05, 0) is 0 Å². The number of ether oxygens (including phenoxy) is 2. The summed E-state index contributed by atoms with van der Waals surface area (Å²) in [6.07, 6.45) is 1.02. The molecule has 0 amide bonds. The monoisotopic (exact) mass is 302 g/mol. The number of rotatable bonds is 3. The van der Waals surface area contributed by atoms with Gasteiger partial charge in [-0.3, -0.25) is 0 Å². The van der Waals surface area contributed by atoms with E-state index in [1.165, 1.54) is 14.2 Å². The normalized spacial score (nSPS) is 11.6. The van der Waals surface area contributed by atoms with E-state index in [0.717, 1.165) is 6.26 Å². The zero-order valence-electron chi connectivity index (χ0n) is 10.5. The Labute approximate surface area is 115 Å². The molecule has 0 fully saturated rings. The maximum absolute atomic E-state index is 11.5. The first-order valence-electron chi connectivity index (χ1n) is 5.16. The average Bonchev–Trinajstić information content (AvgIpc) is 2.35. The standard InChI is InChI=1S/C11H11ClN2O4S/c1-17-8-4-6-7(5-9(8)18-2)14-11(10(12)13-6)19(3,15)16/h4-5H,1-3H3. The smallest absolute Gasteiger partial charge is 0.195 e. The predicted octanol–water partition coefficient (Wildman–Crippen LogP) is 1.70. The first-order valence-corrected chi connectivity index (χ1v) is 7.43. The van der Waals surface area contributed by atoms with Crippen LogP contribution in [-0.4, -0.2) is 38.9 Å². The number of benzene rings is 1. The van der Waals surface area contributed by atoms with Gasteiger partial charge in [0.25, 0.3) is 0 Å². The summed E-state index contributed by atoms with van der Waals surface area (Å²) in [4.78, 5) is 8.03. The van der Waals surface area contributed by atoms with Crippen LogP contribution in [0.5, 0.6) is 11.5 Å². The molecule has 0 aliphatic rings. The van der Waals surface area contributed by atoms with Crippen molar-refractivity contribution in [1.29, 1.82) is 0 Å². The molecule has 0 radical (unpaired) electrons. The van der Waals surface area contributed by atoms with Crippen molar-refractivity contribution in [3.8, 4) is 11.5 Å². The summed E-state index contributed by atoms with van der Waals surface area (Å²) in [5.74, 6) is 0.901. The van der Waals surface area contributed by atoms with E-state index in [1.54, 1.807) is 12.1 Å². The van der Waals surface area contributed by atoms with Crippen LogP contribution in [0.1, 0.15) is 0 Å². The van der Waals surface area contributed by atoms with E-state index in [2.05, 4.69) is 9.97 Å². The van der Waals surface area contributed by atoms with E-state index < -0.39 is 9.84 Å². The Morgan fingerprint density at radius 1 is 1.05 bits per heavy atom. The highest BCUT2D eigenvalue weighted by Gasteiger charge is 2.18. The number of fused-ring (bicyclic) bond motifs is 1. The fourth-order valence-corrected chi connectivity index (χ4v) is 2.75. The molecule has 0 saturated heterocycles. The molecule has 0 N–H and O–H groups in total. The molecule has 2 aromatic rings. The molecule has 0 atom stereocenters. The first kappa shape index (κ1) is 13.8. The van der Waals surface area contributed by atoms with Gasteiger partial charge in [-0.25, -0.2) is 18.4 Å². The third-order valence-electron chi connectivity index (χ3n) is 2.45. The van der Waals surface area contributed by atoms with Crippen molar-refractivity contribution in [2.24, 2.45) is 0 Å². The Kier molecular flexibility index (Phi) is 3.51. The van der Waals surface area contributed by atoms with Crippen molar-refractivity contribution in [3.63, 3.8) is 0 Å². The van der Waals surface area contributed by atoms with Gasteiger partial charge >= 0.3 is 0 Å². The van der Waals surface area contributed by atoms with E-state index in [-0.39, 0.29) is 10.2 Å². The molecule has 102 valence electrons. The number of nitrogens with zero attached hydrogens (tertiary/aromatic N) is 2. The van der Waals surface area contributed by atoms with Crippen LogP contribution in [0, 0.1) is 0 Å². The predicted molar refractivity (Wildman–Crippen MR) is 70.8 cm³/mol. The summed E-state index contributed by atoms with van der Waals surface area (Å²) >= 11 is 5.83. The van der Waals surface area contributed by atoms with Crippen LogP contribution < -0.4 is 9.47 Å². The maximum atomic E-state index is 11.5. The fourth-order valence-electron chi connectivity index (χ4n) is 1.58. The van der Waals surface area contributed by atoms with Crippen LogP contribution in [0.2, 0.25) is 5.15 Å². The lowest BCUT2D eigenvalue weighted by atomic mass is 10.2. The third-order valence-corrected chi connectivity index (χ3v) is 3.81. The molecule has 6 nitrogen and oxygen atoms in total. The van der Waals surface area contributed by atoms with Crippen LogP contribution >= 0.6 is 11.6 Å². The topological polar surface area (TPSA) is 78.4 Å². The SMILES string of the molecule is COc1cc2nc(Cl)c(S(C)(=O)=O)nc2cc1OC. The van der Waals surface area contributed by atoms with Crippen LogP contribution in [-0.2, 0) is 9.84 Å². The zero-order valence-corrected chi connectivity index (χ0v) is 12.0. The van der Waals surface area contributed by atoms with E-state index >= 15 is 0 Å². The van der Waals surface area contributed by atoms with Crippen LogP contribution in [0.3, 0.4) is 0 Å². The van der Waals surface area contributed by atoms with Crippen molar-refractivity contribution in [3.05, 3.63) is 17.3 Å². The van der Waals surface area contributed by atoms with Gasteiger partial charge in [0.2, 0.25) is 0 Å². The van der Waals surface area contributed by atoms with Crippen molar-refractivity contribution >= 4 is 32.5 Å². The van der Waals surface area contributed by atoms with Gasteiger partial charge < -0.3 is 9.47 Å². The molecule has 0 unspecified atom stereocenters. The largest absolute Gasteiger partial charge is 0.493 e. The summed E-state index contributed by atoms with van der Waals surface area (Å²) in [5.41, 5.74) is 0.789. The molecule has 1 aromatic carbocycles. The lowest BCUT2D eigenvalue weighted by Crippen LogP contribution is -2.04. The molecule has 0 aliphatic heterocycles. The zero-order chi connectivity index (χ0) is 14.2. The Morgan fingerprint density at radius 2 is 1.53 bits per heavy atom. The second kappa shape index (κ2) is 4.82. The molecule has 0 aliphatic carbocycles. The molecule has 2 rings (SSSR count). The highest BCUT2D eigenvalue weighted by Crippen LogP contribution is 2.32. The lowest BCUT2D eigenvalue weighted by Gasteiger charge is -2.09. The summed E-state index contributed by atoms with van der Waals surface area (Å²) < 4.78 is 33.3. The number of hydrogen-bond donors (Lipinski definition) is 0. The van der Waals surface area contributed by atoms with Crippen molar-refractivity contribution < 1.29 is 17.9 Å². The maximum Gasteiger partial charge on any atom is 0.195 e. The minimum absolute atomic E-state index is 0.165. The number of methoxy groups -OCH3 is 2. The van der Waals surface area contributed by atoms with E-state index in [9.17, 15) is 8.42 Å². The van der Waals surface area contributed by atoms with Gasteiger partial charge in [0.15, 0.2) is 31.5 Å². The molecular formula is C11H11ClN2O4S. The number of sulfone groups is 1. The van der Waals surface area contributed by atoms with Gasteiger partial charge in [-0.15, -0.1) is 0 Å². The summed E-state index contributed by atoms with van der Waals surface area (Å²) in [6, 6.07) is 3.13. The minimum atomic E-state index is -3.54. The van der Waals surface area contributed by atoms with Crippen LogP contribution in [0.25, 0.3) is 11.0 Å². The van der Waals surface area contributed by atoms with E-state index in [1.807, 2.05) is 0 Å². The van der Waals surface area contributed by atoms with Crippen molar-refractivity contribution in [2.75, 3.05) is 20.5 Å². The Morgan fingerprint density at radius 3 is 1.95 bits per heavy atom. The Balaban J connectivity index is 2.80.